The van der Waals surface area contributed by atoms with Crippen LogP contribution in [0.2, 0.25) is 0 Å². The molecule has 4 nitrogen and oxygen atoms in total. The van der Waals surface area contributed by atoms with E-state index in [9.17, 15) is 4.79 Å². The molecule has 2 atom stereocenters. The van der Waals surface area contributed by atoms with Crippen molar-refractivity contribution >= 4 is 5.91 Å². The summed E-state index contributed by atoms with van der Waals surface area (Å²) in [5, 5.41) is 3.39. The number of piperidine rings is 1. The maximum Gasteiger partial charge on any atom is 0.226 e. The van der Waals surface area contributed by atoms with Crippen LogP contribution in [0, 0.1) is 5.92 Å². The monoisotopic (exact) mass is 276 g/mol. The number of hydrogen-bond acceptors (Lipinski definition) is 3. The van der Waals surface area contributed by atoms with E-state index in [0.717, 1.165) is 31.6 Å². The molecule has 1 aromatic rings. The lowest BCUT2D eigenvalue weighted by Gasteiger charge is -2.31. The SMILES string of the molecule is C=CCN(CCc1ccco1)C(=O)[C@H]1CCN[C@@H](C)C1. The normalized spacial score (nSPS) is 22.4. The lowest BCUT2D eigenvalue weighted by Crippen LogP contribution is -2.44. The molecule has 0 saturated carbocycles. The molecule has 0 aromatic carbocycles. The van der Waals surface area contributed by atoms with Gasteiger partial charge in [-0.05, 0) is 38.4 Å². The summed E-state index contributed by atoms with van der Waals surface area (Å²) in [5.74, 6) is 1.32. The molecule has 0 unspecified atom stereocenters. The quantitative estimate of drug-likeness (QED) is 0.810. The molecule has 4 heteroatoms. The molecule has 0 radical (unpaired) electrons. The minimum absolute atomic E-state index is 0.141. The van der Waals surface area contributed by atoms with Crippen molar-refractivity contribution < 1.29 is 9.21 Å². The van der Waals surface area contributed by atoms with Crippen LogP contribution in [-0.4, -0.2) is 36.5 Å². The van der Waals surface area contributed by atoms with Crippen LogP contribution in [0.1, 0.15) is 25.5 Å². The van der Waals surface area contributed by atoms with Crippen LogP contribution in [-0.2, 0) is 11.2 Å². The van der Waals surface area contributed by atoms with E-state index in [1.54, 1.807) is 12.3 Å². The third-order valence-corrected chi connectivity index (χ3v) is 3.84. The van der Waals surface area contributed by atoms with E-state index in [2.05, 4.69) is 18.8 Å². The Bertz CT molecular complexity index is 428. The average Bonchev–Trinajstić information content (AvgIpc) is 2.96. The fraction of sp³-hybridized carbons (Fsp3) is 0.562. The van der Waals surface area contributed by atoms with Crippen molar-refractivity contribution in [2.24, 2.45) is 5.92 Å². The molecule has 0 bridgehead atoms. The van der Waals surface area contributed by atoms with E-state index in [0.29, 0.717) is 19.1 Å². The highest BCUT2D eigenvalue weighted by atomic mass is 16.3. The minimum atomic E-state index is 0.141. The van der Waals surface area contributed by atoms with Crippen molar-refractivity contribution in [3.05, 3.63) is 36.8 Å². The van der Waals surface area contributed by atoms with Gasteiger partial charge >= 0.3 is 0 Å². The van der Waals surface area contributed by atoms with Gasteiger partial charge in [0.2, 0.25) is 5.91 Å². The Balaban J connectivity index is 1.92. The third-order valence-electron chi connectivity index (χ3n) is 3.84. The van der Waals surface area contributed by atoms with Gasteiger partial charge in [0.05, 0.1) is 6.26 Å². The molecule has 0 aliphatic carbocycles. The first-order chi connectivity index (χ1) is 9.70. The van der Waals surface area contributed by atoms with Gasteiger partial charge in [-0.3, -0.25) is 4.79 Å². The number of furan rings is 1. The molecular formula is C16H24N2O2. The standard InChI is InChI=1S/C16H24N2O2/c1-3-9-18(10-7-15-5-4-11-20-15)16(19)14-6-8-17-13(2)12-14/h3-5,11,13-14,17H,1,6-10,12H2,2H3/t13-,14-/m0/s1. The molecule has 1 aliphatic rings. The molecule has 1 amide bonds. The molecule has 1 N–H and O–H groups in total. The molecule has 0 spiro atoms. The molecule has 2 heterocycles. The Morgan fingerprint density at radius 1 is 1.65 bits per heavy atom. The Labute approximate surface area is 120 Å². The van der Waals surface area contributed by atoms with Gasteiger partial charge in [0.15, 0.2) is 0 Å². The number of nitrogens with zero attached hydrogens (tertiary/aromatic N) is 1. The summed E-state index contributed by atoms with van der Waals surface area (Å²) in [7, 11) is 0. The van der Waals surface area contributed by atoms with Crippen LogP contribution in [0.15, 0.2) is 35.5 Å². The molecule has 2 rings (SSSR count). The van der Waals surface area contributed by atoms with Gasteiger partial charge in [0.1, 0.15) is 5.76 Å². The summed E-state index contributed by atoms with van der Waals surface area (Å²) in [6.45, 7) is 8.13. The summed E-state index contributed by atoms with van der Waals surface area (Å²) in [6, 6.07) is 4.25. The smallest absolute Gasteiger partial charge is 0.226 e. The molecule has 110 valence electrons. The molecule has 1 aliphatic heterocycles. The van der Waals surface area contributed by atoms with Gasteiger partial charge in [-0.15, -0.1) is 6.58 Å². The van der Waals surface area contributed by atoms with Crippen LogP contribution in [0.3, 0.4) is 0 Å². The van der Waals surface area contributed by atoms with Gasteiger partial charge in [-0.25, -0.2) is 0 Å². The first-order valence-corrected chi connectivity index (χ1v) is 7.36. The molecule has 1 aromatic heterocycles. The van der Waals surface area contributed by atoms with Gasteiger partial charge in [-0.2, -0.15) is 0 Å². The lowest BCUT2D eigenvalue weighted by atomic mass is 9.92. The van der Waals surface area contributed by atoms with E-state index < -0.39 is 0 Å². The van der Waals surface area contributed by atoms with Crippen molar-refractivity contribution in [3.63, 3.8) is 0 Å². The summed E-state index contributed by atoms with van der Waals surface area (Å²) < 4.78 is 5.33. The van der Waals surface area contributed by atoms with Crippen LogP contribution < -0.4 is 5.32 Å². The number of rotatable bonds is 6. The molecule has 1 saturated heterocycles. The second-order valence-corrected chi connectivity index (χ2v) is 5.48. The zero-order valence-electron chi connectivity index (χ0n) is 12.2. The number of carbonyl (C=O) groups is 1. The Kier molecular flexibility index (Phi) is 5.41. The van der Waals surface area contributed by atoms with Crippen molar-refractivity contribution in [1.29, 1.82) is 0 Å². The maximum atomic E-state index is 12.6. The topological polar surface area (TPSA) is 45.5 Å². The zero-order valence-corrected chi connectivity index (χ0v) is 12.2. The summed E-state index contributed by atoms with van der Waals surface area (Å²) >= 11 is 0. The van der Waals surface area contributed by atoms with Crippen molar-refractivity contribution in [2.45, 2.75) is 32.2 Å². The highest BCUT2D eigenvalue weighted by Gasteiger charge is 2.28. The second kappa shape index (κ2) is 7.29. The minimum Gasteiger partial charge on any atom is -0.469 e. The Morgan fingerprint density at radius 3 is 3.15 bits per heavy atom. The van der Waals surface area contributed by atoms with Crippen LogP contribution in [0.4, 0.5) is 0 Å². The predicted molar refractivity (Wildman–Crippen MR) is 79.4 cm³/mol. The van der Waals surface area contributed by atoms with E-state index in [1.165, 1.54) is 0 Å². The predicted octanol–water partition coefficient (Wildman–Crippen LogP) is 2.22. The van der Waals surface area contributed by atoms with Crippen LogP contribution >= 0.6 is 0 Å². The van der Waals surface area contributed by atoms with Gasteiger partial charge in [0, 0.05) is 31.5 Å². The largest absolute Gasteiger partial charge is 0.469 e. The van der Waals surface area contributed by atoms with Crippen LogP contribution in [0.5, 0.6) is 0 Å². The Hall–Kier alpha value is -1.55. The van der Waals surface area contributed by atoms with Gasteiger partial charge in [0.25, 0.3) is 0 Å². The second-order valence-electron chi connectivity index (χ2n) is 5.48. The first kappa shape index (κ1) is 14.9. The number of hydrogen-bond donors (Lipinski definition) is 1. The highest BCUT2D eigenvalue weighted by Crippen LogP contribution is 2.19. The average molecular weight is 276 g/mol. The van der Waals surface area contributed by atoms with E-state index in [-0.39, 0.29) is 11.8 Å². The van der Waals surface area contributed by atoms with Crippen LogP contribution in [0.25, 0.3) is 0 Å². The fourth-order valence-corrected chi connectivity index (χ4v) is 2.76. The van der Waals surface area contributed by atoms with Gasteiger partial charge in [-0.1, -0.05) is 6.08 Å². The van der Waals surface area contributed by atoms with Crippen molar-refractivity contribution in [2.75, 3.05) is 19.6 Å². The first-order valence-electron chi connectivity index (χ1n) is 7.36. The fourth-order valence-electron chi connectivity index (χ4n) is 2.76. The zero-order chi connectivity index (χ0) is 14.4. The van der Waals surface area contributed by atoms with Gasteiger partial charge < -0.3 is 14.6 Å². The summed E-state index contributed by atoms with van der Waals surface area (Å²) in [5.41, 5.74) is 0. The lowest BCUT2D eigenvalue weighted by molar-refractivity contribution is -0.136. The molecule has 20 heavy (non-hydrogen) atoms. The van der Waals surface area contributed by atoms with Crippen molar-refractivity contribution in [3.8, 4) is 0 Å². The highest BCUT2D eigenvalue weighted by molar-refractivity contribution is 5.79. The van der Waals surface area contributed by atoms with E-state index in [1.807, 2.05) is 17.0 Å². The van der Waals surface area contributed by atoms with E-state index >= 15 is 0 Å². The number of amides is 1. The number of nitrogens with one attached hydrogen (secondary N) is 1. The van der Waals surface area contributed by atoms with E-state index in [4.69, 9.17) is 4.42 Å². The van der Waals surface area contributed by atoms with Crippen molar-refractivity contribution in [1.82, 2.24) is 10.2 Å². The maximum absolute atomic E-state index is 12.6. The molecular weight excluding hydrogens is 252 g/mol. The summed E-state index contributed by atoms with van der Waals surface area (Å²) in [6.07, 6.45) is 6.08. The third kappa shape index (κ3) is 3.97. The Morgan fingerprint density at radius 2 is 2.50 bits per heavy atom. The number of carbonyl (C=O) groups excluding carboxylic acids is 1. The molecule has 1 fully saturated rings. The summed E-state index contributed by atoms with van der Waals surface area (Å²) in [4.78, 5) is 14.5.